The first-order valence-corrected chi connectivity index (χ1v) is 6.45. The SMILES string of the molecule is CC(C)CCC(=O)NC(C)(CO)c1ccccc1. The van der Waals surface area contributed by atoms with Crippen LogP contribution in [-0.2, 0) is 10.3 Å². The standard InChI is InChI=1S/C15H23NO2/c1-12(2)9-10-14(18)16-15(3,11-17)13-7-5-4-6-8-13/h4-8,12,17H,9-11H2,1-3H3,(H,16,18). The second kappa shape index (κ2) is 6.55. The summed E-state index contributed by atoms with van der Waals surface area (Å²) in [5, 5.41) is 12.5. The Kier molecular flexibility index (Phi) is 5.35. The van der Waals surface area contributed by atoms with Gasteiger partial charge in [0.05, 0.1) is 12.1 Å². The number of benzene rings is 1. The van der Waals surface area contributed by atoms with Crippen molar-refractivity contribution in [3.8, 4) is 0 Å². The molecular weight excluding hydrogens is 226 g/mol. The van der Waals surface area contributed by atoms with E-state index in [4.69, 9.17) is 0 Å². The molecule has 2 N–H and O–H groups in total. The molecule has 0 bridgehead atoms. The lowest BCUT2D eigenvalue weighted by Crippen LogP contribution is -2.46. The molecule has 1 rings (SSSR count). The smallest absolute Gasteiger partial charge is 0.220 e. The molecule has 0 saturated heterocycles. The maximum atomic E-state index is 11.9. The van der Waals surface area contributed by atoms with Gasteiger partial charge in [-0.15, -0.1) is 0 Å². The molecule has 0 spiro atoms. The first-order chi connectivity index (χ1) is 8.48. The van der Waals surface area contributed by atoms with Crippen LogP contribution in [0.4, 0.5) is 0 Å². The minimum absolute atomic E-state index is 0.0101. The third-order valence-electron chi connectivity index (χ3n) is 3.09. The average molecular weight is 249 g/mol. The quantitative estimate of drug-likeness (QED) is 0.813. The number of hydrogen-bond acceptors (Lipinski definition) is 2. The zero-order chi connectivity index (χ0) is 13.6. The minimum atomic E-state index is -0.699. The van der Waals surface area contributed by atoms with Crippen molar-refractivity contribution in [2.75, 3.05) is 6.61 Å². The number of hydrogen-bond donors (Lipinski definition) is 2. The third-order valence-corrected chi connectivity index (χ3v) is 3.09. The van der Waals surface area contributed by atoms with Crippen LogP contribution in [0.2, 0.25) is 0 Å². The molecule has 18 heavy (non-hydrogen) atoms. The topological polar surface area (TPSA) is 49.3 Å². The Morgan fingerprint density at radius 2 is 1.94 bits per heavy atom. The van der Waals surface area contributed by atoms with Gasteiger partial charge >= 0.3 is 0 Å². The molecule has 1 atom stereocenters. The van der Waals surface area contributed by atoms with E-state index >= 15 is 0 Å². The van der Waals surface area contributed by atoms with Crippen LogP contribution in [0.3, 0.4) is 0 Å². The lowest BCUT2D eigenvalue weighted by atomic mass is 9.92. The Morgan fingerprint density at radius 3 is 2.44 bits per heavy atom. The Balaban J connectivity index is 2.69. The molecule has 0 aliphatic rings. The van der Waals surface area contributed by atoms with Crippen molar-refractivity contribution >= 4 is 5.91 Å². The highest BCUT2D eigenvalue weighted by molar-refractivity contribution is 5.77. The molecule has 3 nitrogen and oxygen atoms in total. The van der Waals surface area contributed by atoms with Crippen molar-refractivity contribution in [1.29, 1.82) is 0 Å². The molecule has 1 aromatic carbocycles. The largest absolute Gasteiger partial charge is 0.394 e. The van der Waals surface area contributed by atoms with E-state index in [1.165, 1.54) is 0 Å². The normalized spacial score (nSPS) is 14.3. The molecule has 0 aliphatic heterocycles. The average Bonchev–Trinajstić information content (AvgIpc) is 2.37. The minimum Gasteiger partial charge on any atom is -0.394 e. The second-order valence-corrected chi connectivity index (χ2v) is 5.34. The molecule has 0 fully saturated rings. The van der Waals surface area contributed by atoms with Crippen molar-refractivity contribution < 1.29 is 9.90 Å². The zero-order valence-electron chi connectivity index (χ0n) is 11.4. The van der Waals surface area contributed by atoms with Gasteiger partial charge < -0.3 is 10.4 Å². The van der Waals surface area contributed by atoms with E-state index in [2.05, 4.69) is 19.2 Å². The fourth-order valence-electron chi connectivity index (χ4n) is 1.80. The van der Waals surface area contributed by atoms with Crippen LogP contribution >= 0.6 is 0 Å². The second-order valence-electron chi connectivity index (χ2n) is 5.34. The molecule has 1 amide bonds. The summed E-state index contributed by atoms with van der Waals surface area (Å²) in [7, 11) is 0. The van der Waals surface area contributed by atoms with Crippen LogP contribution in [0, 0.1) is 5.92 Å². The molecule has 100 valence electrons. The summed E-state index contributed by atoms with van der Waals surface area (Å²) in [6.45, 7) is 5.92. The number of rotatable bonds is 6. The molecule has 3 heteroatoms. The lowest BCUT2D eigenvalue weighted by Gasteiger charge is -2.29. The molecule has 0 aliphatic carbocycles. The van der Waals surface area contributed by atoms with Crippen LogP contribution in [0.1, 0.15) is 39.2 Å². The van der Waals surface area contributed by atoms with Crippen molar-refractivity contribution in [2.24, 2.45) is 5.92 Å². The van der Waals surface area contributed by atoms with Crippen LogP contribution in [-0.4, -0.2) is 17.6 Å². The van der Waals surface area contributed by atoms with Gasteiger partial charge in [0.1, 0.15) is 0 Å². The highest BCUT2D eigenvalue weighted by Gasteiger charge is 2.27. The summed E-state index contributed by atoms with van der Waals surface area (Å²) in [5.41, 5.74) is 0.223. The molecule has 0 saturated carbocycles. The summed E-state index contributed by atoms with van der Waals surface area (Å²) in [6.07, 6.45) is 1.36. The number of amides is 1. The predicted molar refractivity (Wildman–Crippen MR) is 73.1 cm³/mol. The number of aliphatic hydroxyl groups excluding tert-OH is 1. The van der Waals surface area contributed by atoms with Gasteiger partial charge in [-0.25, -0.2) is 0 Å². The van der Waals surface area contributed by atoms with Crippen molar-refractivity contribution in [2.45, 2.75) is 39.2 Å². The van der Waals surface area contributed by atoms with Crippen molar-refractivity contribution in [1.82, 2.24) is 5.32 Å². The Hall–Kier alpha value is -1.35. The summed E-state index contributed by atoms with van der Waals surface area (Å²) in [5.74, 6) is 0.497. The third kappa shape index (κ3) is 4.15. The summed E-state index contributed by atoms with van der Waals surface area (Å²) >= 11 is 0. The monoisotopic (exact) mass is 249 g/mol. The Bertz CT molecular complexity index is 375. The highest BCUT2D eigenvalue weighted by Crippen LogP contribution is 2.20. The Morgan fingerprint density at radius 1 is 1.33 bits per heavy atom. The van der Waals surface area contributed by atoms with Gasteiger partial charge in [-0.05, 0) is 24.8 Å². The Labute approximate surface area is 109 Å². The van der Waals surface area contributed by atoms with Gasteiger partial charge in [-0.1, -0.05) is 44.2 Å². The number of carbonyl (C=O) groups is 1. The lowest BCUT2D eigenvalue weighted by molar-refractivity contribution is -0.123. The molecule has 0 aromatic heterocycles. The van der Waals surface area contributed by atoms with Crippen molar-refractivity contribution in [3.05, 3.63) is 35.9 Å². The first-order valence-electron chi connectivity index (χ1n) is 6.45. The van der Waals surface area contributed by atoms with Gasteiger partial charge in [0, 0.05) is 6.42 Å². The summed E-state index contributed by atoms with van der Waals surface area (Å²) in [4.78, 5) is 11.9. The maximum absolute atomic E-state index is 11.9. The van der Waals surface area contributed by atoms with E-state index in [0.717, 1.165) is 12.0 Å². The summed E-state index contributed by atoms with van der Waals surface area (Å²) in [6, 6.07) is 9.56. The molecule has 1 aromatic rings. The maximum Gasteiger partial charge on any atom is 0.220 e. The van der Waals surface area contributed by atoms with Crippen LogP contribution in [0.5, 0.6) is 0 Å². The highest BCUT2D eigenvalue weighted by atomic mass is 16.3. The van der Waals surface area contributed by atoms with Crippen LogP contribution < -0.4 is 5.32 Å². The van der Waals surface area contributed by atoms with Gasteiger partial charge in [0.25, 0.3) is 0 Å². The fraction of sp³-hybridized carbons (Fsp3) is 0.533. The van der Waals surface area contributed by atoms with Crippen molar-refractivity contribution in [3.63, 3.8) is 0 Å². The van der Waals surface area contributed by atoms with Gasteiger partial charge in [0.15, 0.2) is 0 Å². The number of carbonyl (C=O) groups excluding carboxylic acids is 1. The molecule has 0 radical (unpaired) electrons. The van der Waals surface area contributed by atoms with E-state index < -0.39 is 5.54 Å². The molecule has 1 unspecified atom stereocenters. The zero-order valence-corrected chi connectivity index (χ0v) is 11.4. The van der Waals surface area contributed by atoms with E-state index in [1.807, 2.05) is 37.3 Å². The van der Waals surface area contributed by atoms with E-state index in [0.29, 0.717) is 12.3 Å². The van der Waals surface area contributed by atoms with Gasteiger partial charge in [-0.3, -0.25) is 4.79 Å². The van der Waals surface area contributed by atoms with Crippen LogP contribution in [0.15, 0.2) is 30.3 Å². The fourth-order valence-corrected chi connectivity index (χ4v) is 1.80. The molecular formula is C15H23NO2. The summed E-state index contributed by atoms with van der Waals surface area (Å²) < 4.78 is 0. The molecule has 0 heterocycles. The van der Waals surface area contributed by atoms with Gasteiger partial charge in [-0.2, -0.15) is 0 Å². The predicted octanol–water partition coefficient (Wildman–Crippen LogP) is 2.45. The first kappa shape index (κ1) is 14.7. The van der Waals surface area contributed by atoms with E-state index in [1.54, 1.807) is 0 Å². The van der Waals surface area contributed by atoms with E-state index in [-0.39, 0.29) is 12.5 Å². The number of aliphatic hydroxyl groups is 1. The number of nitrogens with one attached hydrogen (secondary N) is 1. The van der Waals surface area contributed by atoms with E-state index in [9.17, 15) is 9.90 Å². The van der Waals surface area contributed by atoms with Gasteiger partial charge in [0.2, 0.25) is 5.91 Å². The van der Waals surface area contributed by atoms with Crippen LogP contribution in [0.25, 0.3) is 0 Å².